The molecule has 1 saturated heterocycles. The highest BCUT2D eigenvalue weighted by atomic mass is 16.5. The lowest BCUT2D eigenvalue weighted by Gasteiger charge is -2.32. The summed E-state index contributed by atoms with van der Waals surface area (Å²) in [7, 11) is 0. The third-order valence-electron chi connectivity index (χ3n) is 6.31. The number of Topliss-reactive ketones (excluding diaryl/α,β-unsaturated/α-hetero) is 1. The van der Waals surface area contributed by atoms with Crippen LogP contribution in [0.25, 0.3) is 11.1 Å². The number of pyridine rings is 1. The van der Waals surface area contributed by atoms with Crippen molar-refractivity contribution in [3.8, 4) is 5.75 Å². The average molecular weight is 456 g/mol. The second-order valence-electron chi connectivity index (χ2n) is 8.35. The number of hydrogen-bond acceptors (Lipinski definition) is 5. The average Bonchev–Trinajstić information content (AvgIpc) is 3.17. The maximum absolute atomic E-state index is 13.5. The van der Waals surface area contributed by atoms with E-state index in [0.717, 1.165) is 22.3 Å². The quantitative estimate of drug-likeness (QED) is 0.607. The number of nitrogens with zero attached hydrogens (tertiary/aromatic N) is 3. The minimum Gasteiger partial charge on any atom is -0.492 e. The summed E-state index contributed by atoms with van der Waals surface area (Å²) in [6.07, 6.45) is 2.56. The van der Waals surface area contributed by atoms with Gasteiger partial charge >= 0.3 is 6.09 Å². The van der Waals surface area contributed by atoms with Gasteiger partial charge in [0.15, 0.2) is 5.78 Å². The second kappa shape index (κ2) is 9.49. The molecule has 3 aromatic rings. The van der Waals surface area contributed by atoms with Crippen molar-refractivity contribution in [2.45, 2.75) is 0 Å². The van der Waals surface area contributed by atoms with Crippen molar-refractivity contribution in [3.63, 3.8) is 0 Å². The van der Waals surface area contributed by atoms with Crippen molar-refractivity contribution in [3.05, 3.63) is 95.3 Å². The SMILES string of the molecule is O=C1C(c2cccnc2)=C(c2ccccc2)c2ccc(OCCN3CCN(C(=O)O)CC3)cc21. The van der Waals surface area contributed by atoms with E-state index in [9.17, 15) is 9.59 Å². The topological polar surface area (TPSA) is 83.0 Å². The third kappa shape index (κ3) is 4.30. The molecule has 2 aromatic carbocycles. The molecule has 7 nitrogen and oxygen atoms in total. The van der Waals surface area contributed by atoms with Crippen LogP contribution in [-0.2, 0) is 0 Å². The summed E-state index contributed by atoms with van der Waals surface area (Å²) in [5.41, 5.74) is 4.88. The molecule has 0 unspecified atom stereocenters. The van der Waals surface area contributed by atoms with Crippen LogP contribution in [0.2, 0.25) is 0 Å². The number of piperazine rings is 1. The van der Waals surface area contributed by atoms with Crippen LogP contribution < -0.4 is 4.74 Å². The predicted molar refractivity (Wildman–Crippen MR) is 129 cm³/mol. The number of ether oxygens (including phenoxy) is 1. The van der Waals surface area contributed by atoms with Gasteiger partial charge < -0.3 is 14.7 Å². The minimum atomic E-state index is -0.868. The van der Waals surface area contributed by atoms with Crippen molar-refractivity contribution < 1.29 is 19.4 Å². The van der Waals surface area contributed by atoms with Gasteiger partial charge in [-0.1, -0.05) is 36.4 Å². The summed E-state index contributed by atoms with van der Waals surface area (Å²) in [6, 6.07) is 19.4. The van der Waals surface area contributed by atoms with Gasteiger partial charge in [-0.15, -0.1) is 0 Å². The molecular weight excluding hydrogens is 430 g/mol. The van der Waals surface area contributed by atoms with Crippen LogP contribution in [0.4, 0.5) is 4.79 Å². The highest BCUT2D eigenvalue weighted by molar-refractivity contribution is 6.41. The molecule has 7 heteroatoms. The van der Waals surface area contributed by atoms with Crippen LogP contribution in [0.3, 0.4) is 0 Å². The van der Waals surface area contributed by atoms with E-state index in [-0.39, 0.29) is 5.78 Å². The Bertz CT molecular complexity index is 1230. The standard InChI is InChI=1S/C27H25N3O4/c31-26-23-17-21(34-16-15-29-11-13-30(14-12-29)27(32)33)8-9-22(23)24(19-5-2-1-3-6-19)25(26)20-7-4-10-28-18-20/h1-10,17-18H,11-16H2,(H,32,33). The lowest BCUT2D eigenvalue weighted by molar-refractivity contribution is 0.0983. The number of carbonyl (C=O) groups excluding carboxylic acids is 1. The molecule has 0 radical (unpaired) electrons. The molecule has 1 aromatic heterocycles. The summed E-state index contributed by atoms with van der Waals surface area (Å²) in [5, 5.41) is 9.08. The molecule has 0 bridgehead atoms. The number of hydrogen-bond donors (Lipinski definition) is 1. The Hall–Kier alpha value is -3.97. The smallest absolute Gasteiger partial charge is 0.407 e. The molecule has 34 heavy (non-hydrogen) atoms. The van der Waals surface area contributed by atoms with Crippen LogP contribution in [-0.4, -0.2) is 71.1 Å². The first-order valence-electron chi connectivity index (χ1n) is 11.3. The van der Waals surface area contributed by atoms with Gasteiger partial charge in [-0.25, -0.2) is 4.79 Å². The van der Waals surface area contributed by atoms with Gasteiger partial charge in [-0.2, -0.15) is 0 Å². The second-order valence-corrected chi connectivity index (χ2v) is 8.35. The van der Waals surface area contributed by atoms with Gasteiger partial charge in [0.1, 0.15) is 12.4 Å². The number of carbonyl (C=O) groups is 2. The Morgan fingerprint density at radius 3 is 2.38 bits per heavy atom. The molecule has 5 rings (SSSR count). The van der Waals surface area contributed by atoms with Crippen molar-refractivity contribution in [2.24, 2.45) is 0 Å². The Labute approximate surface area is 197 Å². The molecule has 1 amide bonds. The molecule has 2 heterocycles. The van der Waals surface area contributed by atoms with Gasteiger partial charge in [0, 0.05) is 67.4 Å². The van der Waals surface area contributed by atoms with E-state index in [1.54, 1.807) is 12.4 Å². The fourth-order valence-electron chi connectivity index (χ4n) is 4.55. The fourth-order valence-corrected chi connectivity index (χ4v) is 4.55. The molecule has 0 saturated carbocycles. The molecule has 1 fully saturated rings. The molecule has 2 aliphatic rings. The number of allylic oxidation sites excluding steroid dienone is 1. The molecule has 0 atom stereocenters. The number of aromatic nitrogens is 1. The van der Waals surface area contributed by atoms with Crippen molar-refractivity contribution in [1.29, 1.82) is 0 Å². The van der Waals surface area contributed by atoms with E-state index in [2.05, 4.69) is 9.88 Å². The molecule has 1 aliphatic heterocycles. The molecule has 0 spiro atoms. The number of fused-ring (bicyclic) bond motifs is 1. The fraction of sp³-hybridized carbons (Fsp3) is 0.222. The number of benzene rings is 2. The van der Waals surface area contributed by atoms with Crippen LogP contribution in [0.1, 0.15) is 27.0 Å². The minimum absolute atomic E-state index is 0.0305. The Morgan fingerprint density at radius 2 is 1.68 bits per heavy atom. The molecule has 172 valence electrons. The number of rotatable bonds is 6. The zero-order valence-electron chi connectivity index (χ0n) is 18.7. The van der Waals surface area contributed by atoms with Gasteiger partial charge in [0.2, 0.25) is 0 Å². The lowest BCUT2D eigenvalue weighted by Crippen LogP contribution is -2.49. The first kappa shape index (κ1) is 21.9. The van der Waals surface area contributed by atoms with Crippen LogP contribution in [0.15, 0.2) is 73.1 Å². The largest absolute Gasteiger partial charge is 0.492 e. The Balaban J connectivity index is 1.34. The zero-order valence-corrected chi connectivity index (χ0v) is 18.7. The predicted octanol–water partition coefficient (Wildman–Crippen LogP) is 3.91. The Kier molecular flexibility index (Phi) is 6.10. The maximum atomic E-state index is 13.5. The molecular formula is C27H25N3O4. The maximum Gasteiger partial charge on any atom is 0.407 e. The number of carboxylic acid groups (broad SMARTS) is 1. The Morgan fingerprint density at radius 1 is 0.912 bits per heavy atom. The van der Waals surface area contributed by atoms with E-state index in [0.29, 0.717) is 56.2 Å². The normalized spacial score (nSPS) is 16.0. The van der Waals surface area contributed by atoms with E-state index in [1.807, 2.05) is 60.7 Å². The van der Waals surface area contributed by atoms with Crippen LogP contribution in [0, 0.1) is 0 Å². The van der Waals surface area contributed by atoms with Gasteiger partial charge in [0.25, 0.3) is 0 Å². The van der Waals surface area contributed by atoms with Crippen molar-refractivity contribution in [2.75, 3.05) is 39.3 Å². The first-order valence-corrected chi connectivity index (χ1v) is 11.3. The first-order chi connectivity index (χ1) is 16.6. The van der Waals surface area contributed by atoms with Crippen LogP contribution in [0.5, 0.6) is 5.75 Å². The molecule has 1 aliphatic carbocycles. The highest BCUT2D eigenvalue weighted by Gasteiger charge is 2.32. The van der Waals surface area contributed by atoms with E-state index < -0.39 is 6.09 Å². The summed E-state index contributed by atoms with van der Waals surface area (Å²) < 4.78 is 5.98. The van der Waals surface area contributed by atoms with Crippen LogP contribution >= 0.6 is 0 Å². The lowest BCUT2D eigenvalue weighted by atomic mass is 9.95. The van der Waals surface area contributed by atoms with Gasteiger partial charge in [-0.3, -0.25) is 14.7 Å². The summed E-state index contributed by atoms with van der Waals surface area (Å²) in [5.74, 6) is 0.619. The summed E-state index contributed by atoms with van der Waals surface area (Å²) in [6.45, 7) is 3.57. The molecule has 1 N–H and O–H groups in total. The number of amides is 1. The zero-order chi connectivity index (χ0) is 23.5. The monoisotopic (exact) mass is 455 g/mol. The van der Waals surface area contributed by atoms with E-state index >= 15 is 0 Å². The third-order valence-corrected chi connectivity index (χ3v) is 6.31. The van der Waals surface area contributed by atoms with Gasteiger partial charge in [0.05, 0.1) is 0 Å². The van der Waals surface area contributed by atoms with E-state index in [4.69, 9.17) is 9.84 Å². The summed E-state index contributed by atoms with van der Waals surface area (Å²) in [4.78, 5) is 32.4. The van der Waals surface area contributed by atoms with Gasteiger partial charge in [-0.05, 0) is 35.4 Å². The van der Waals surface area contributed by atoms with Crippen molar-refractivity contribution in [1.82, 2.24) is 14.8 Å². The number of ketones is 1. The summed E-state index contributed by atoms with van der Waals surface area (Å²) >= 11 is 0. The van der Waals surface area contributed by atoms with E-state index in [1.165, 1.54) is 4.90 Å². The highest BCUT2D eigenvalue weighted by Crippen LogP contribution is 2.43. The van der Waals surface area contributed by atoms with Crippen molar-refractivity contribution >= 4 is 23.0 Å².